The van der Waals surface area contributed by atoms with Gasteiger partial charge >= 0.3 is 5.97 Å². The first-order valence-electron chi connectivity index (χ1n) is 7.81. The minimum Gasteiger partial charge on any atom is -0.489 e. The highest BCUT2D eigenvalue weighted by molar-refractivity contribution is 5.92. The molecule has 2 rings (SSSR count). The minimum atomic E-state index is -0.267. The quantitative estimate of drug-likeness (QED) is 0.553. The summed E-state index contributed by atoms with van der Waals surface area (Å²) in [6.07, 6.45) is 2.64. The maximum absolute atomic E-state index is 11.7. The number of hydrogen-bond donors (Lipinski definition) is 0. The predicted octanol–water partition coefficient (Wildman–Crippen LogP) is 4.62. The van der Waals surface area contributed by atoms with E-state index >= 15 is 0 Å². The van der Waals surface area contributed by atoms with Crippen LogP contribution in [-0.2, 0) is 16.1 Å². The van der Waals surface area contributed by atoms with Gasteiger partial charge in [0.05, 0.1) is 6.61 Å². The fraction of sp³-hybridized carbons (Fsp3) is 0.250. The average molecular weight is 310 g/mol. The zero-order valence-corrected chi connectivity index (χ0v) is 13.6. The molecule has 0 fully saturated rings. The molecule has 3 nitrogen and oxygen atoms in total. The van der Waals surface area contributed by atoms with E-state index in [0.29, 0.717) is 18.8 Å². The molecule has 0 N–H and O–H groups in total. The lowest BCUT2D eigenvalue weighted by Gasteiger charge is -2.07. The first-order valence-corrected chi connectivity index (χ1v) is 7.81. The lowest BCUT2D eigenvalue weighted by molar-refractivity contribution is -0.138. The number of carbonyl (C=O) groups is 1. The van der Waals surface area contributed by atoms with Crippen molar-refractivity contribution in [3.8, 4) is 5.75 Å². The molecule has 0 aliphatic rings. The molecule has 3 heteroatoms. The predicted molar refractivity (Wildman–Crippen MR) is 92.1 cm³/mol. The Morgan fingerprint density at radius 2 is 1.74 bits per heavy atom. The van der Waals surface area contributed by atoms with E-state index in [0.717, 1.165) is 23.3 Å². The Bertz CT molecular complexity index is 642. The summed E-state index contributed by atoms with van der Waals surface area (Å²) in [5.41, 5.74) is 2.67. The number of rotatable bonds is 7. The molecule has 0 amide bonds. The van der Waals surface area contributed by atoms with E-state index in [9.17, 15) is 4.79 Å². The van der Waals surface area contributed by atoms with Gasteiger partial charge in [0.2, 0.25) is 0 Å². The monoisotopic (exact) mass is 310 g/mol. The van der Waals surface area contributed by atoms with Gasteiger partial charge in [0.15, 0.2) is 0 Å². The summed E-state index contributed by atoms with van der Waals surface area (Å²) in [6, 6.07) is 17.7. The van der Waals surface area contributed by atoms with Crippen LogP contribution in [0.15, 0.2) is 60.2 Å². The molecule has 0 saturated heterocycles. The van der Waals surface area contributed by atoms with E-state index in [-0.39, 0.29) is 5.97 Å². The van der Waals surface area contributed by atoms with Crippen molar-refractivity contribution in [2.45, 2.75) is 26.9 Å². The van der Waals surface area contributed by atoms with Crippen LogP contribution in [0.3, 0.4) is 0 Å². The molecule has 23 heavy (non-hydrogen) atoms. The minimum absolute atomic E-state index is 0.267. The number of hydrogen-bond acceptors (Lipinski definition) is 3. The third kappa shape index (κ3) is 5.62. The van der Waals surface area contributed by atoms with E-state index in [1.165, 1.54) is 0 Å². The first-order chi connectivity index (χ1) is 11.2. The highest BCUT2D eigenvalue weighted by Gasteiger charge is 2.05. The Balaban J connectivity index is 1.92. The van der Waals surface area contributed by atoms with Crippen molar-refractivity contribution in [3.05, 3.63) is 71.3 Å². The molecule has 0 aliphatic carbocycles. The van der Waals surface area contributed by atoms with Gasteiger partial charge in [-0.25, -0.2) is 4.79 Å². The molecule has 0 atom stereocenters. The standard InChI is InChI=1S/C20H22O3/c1-3-13-22-20(21)16(2)14-17-9-11-19(12-10-17)23-15-18-7-5-4-6-8-18/h4-12,14H,3,13,15H2,1-2H3. The van der Waals surface area contributed by atoms with E-state index in [2.05, 4.69) is 0 Å². The molecule has 2 aromatic carbocycles. The SMILES string of the molecule is CCCOC(=O)C(C)=Cc1ccc(OCc2ccccc2)cc1. The van der Waals surface area contributed by atoms with Crippen molar-refractivity contribution in [2.75, 3.05) is 6.61 Å². The topological polar surface area (TPSA) is 35.5 Å². The maximum atomic E-state index is 11.7. The second-order valence-corrected chi connectivity index (χ2v) is 5.31. The van der Waals surface area contributed by atoms with Crippen LogP contribution in [0.4, 0.5) is 0 Å². The Morgan fingerprint density at radius 3 is 2.39 bits per heavy atom. The zero-order valence-electron chi connectivity index (χ0n) is 13.6. The van der Waals surface area contributed by atoms with E-state index in [1.54, 1.807) is 6.92 Å². The lowest BCUT2D eigenvalue weighted by atomic mass is 10.1. The van der Waals surface area contributed by atoms with Gasteiger partial charge in [-0.2, -0.15) is 0 Å². The summed E-state index contributed by atoms with van der Waals surface area (Å²) < 4.78 is 10.8. The third-order valence-corrected chi connectivity index (χ3v) is 3.27. The number of benzene rings is 2. The van der Waals surface area contributed by atoms with E-state index in [4.69, 9.17) is 9.47 Å². The Hall–Kier alpha value is -2.55. The fourth-order valence-corrected chi connectivity index (χ4v) is 2.02. The van der Waals surface area contributed by atoms with Crippen LogP contribution in [0.25, 0.3) is 6.08 Å². The molecular weight excluding hydrogens is 288 g/mol. The highest BCUT2D eigenvalue weighted by atomic mass is 16.5. The van der Waals surface area contributed by atoms with Gasteiger partial charge in [-0.3, -0.25) is 0 Å². The van der Waals surface area contributed by atoms with Gasteiger partial charge in [0.1, 0.15) is 12.4 Å². The molecule has 2 aromatic rings. The summed E-state index contributed by atoms with van der Waals surface area (Å²) in [5.74, 6) is 0.536. The Kier molecular flexibility index (Phi) is 6.42. The number of carbonyl (C=O) groups excluding carboxylic acids is 1. The normalized spacial score (nSPS) is 11.1. The molecule has 120 valence electrons. The molecule has 0 bridgehead atoms. The largest absolute Gasteiger partial charge is 0.489 e. The van der Waals surface area contributed by atoms with Gasteiger partial charge in [0, 0.05) is 5.57 Å². The molecule has 0 radical (unpaired) electrons. The van der Waals surface area contributed by atoms with Gasteiger partial charge < -0.3 is 9.47 Å². The van der Waals surface area contributed by atoms with Gasteiger partial charge in [-0.05, 0) is 42.7 Å². The average Bonchev–Trinajstić information content (AvgIpc) is 2.60. The van der Waals surface area contributed by atoms with Crippen LogP contribution in [0.5, 0.6) is 5.75 Å². The molecule has 0 aliphatic heterocycles. The van der Waals surface area contributed by atoms with Crippen LogP contribution >= 0.6 is 0 Å². The second-order valence-electron chi connectivity index (χ2n) is 5.31. The van der Waals surface area contributed by atoms with E-state index < -0.39 is 0 Å². The lowest BCUT2D eigenvalue weighted by Crippen LogP contribution is -2.06. The van der Waals surface area contributed by atoms with Crippen LogP contribution in [0.1, 0.15) is 31.4 Å². The van der Waals surface area contributed by atoms with Gasteiger partial charge in [0.25, 0.3) is 0 Å². The van der Waals surface area contributed by atoms with Crippen molar-refractivity contribution in [1.29, 1.82) is 0 Å². The van der Waals surface area contributed by atoms with Gasteiger partial charge in [-0.1, -0.05) is 49.4 Å². The van der Waals surface area contributed by atoms with Crippen molar-refractivity contribution >= 4 is 12.0 Å². The van der Waals surface area contributed by atoms with Crippen LogP contribution in [-0.4, -0.2) is 12.6 Å². The third-order valence-electron chi connectivity index (χ3n) is 3.27. The molecular formula is C20H22O3. The molecule has 0 saturated carbocycles. The summed E-state index contributed by atoms with van der Waals surface area (Å²) in [4.78, 5) is 11.7. The summed E-state index contributed by atoms with van der Waals surface area (Å²) in [6.45, 7) is 4.73. The van der Waals surface area contributed by atoms with Crippen LogP contribution in [0.2, 0.25) is 0 Å². The Morgan fingerprint density at radius 1 is 1.04 bits per heavy atom. The number of esters is 1. The zero-order chi connectivity index (χ0) is 16.5. The molecule has 0 heterocycles. The van der Waals surface area contributed by atoms with Crippen molar-refractivity contribution in [1.82, 2.24) is 0 Å². The fourth-order valence-electron chi connectivity index (χ4n) is 2.02. The van der Waals surface area contributed by atoms with Crippen molar-refractivity contribution in [3.63, 3.8) is 0 Å². The second kappa shape index (κ2) is 8.79. The summed E-state index contributed by atoms with van der Waals surface area (Å²) in [7, 11) is 0. The Labute approximate surface area is 137 Å². The van der Waals surface area contributed by atoms with Crippen LogP contribution < -0.4 is 4.74 Å². The first kappa shape index (κ1) is 16.8. The van der Waals surface area contributed by atoms with Gasteiger partial charge in [-0.15, -0.1) is 0 Å². The summed E-state index contributed by atoms with van der Waals surface area (Å²) >= 11 is 0. The van der Waals surface area contributed by atoms with Crippen LogP contribution in [0, 0.1) is 0 Å². The highest BCUT2D eigenvalue weighted by Crippen LogP contribution is 2.16. The van der Waals surface area contributed by atoms with Crippen molar-refractivity contribution in [2.24, 2.45) is 0 Å². The number of ether oxygens (including phenoxy) is 2. The molecule has 0 spiro atoms. The molecule has 0 aromatic heterocycles. The maximum Gasteiger partial charge on any atom is 0.333 e. The van der Waals surface area contributed by atoms with E-state index in [1.807, 2.05) is 67.6 Å². The molecule has 0 unspecified atom stereocenters. The smallest absolute Gasteiger partial charge is 0.333 e. The summed E-state index contributed by atoms with van der Waals surface area (Å²) in [5, 5.41) is 0. The van der Waals surface area contributed by atoms with Crippen molar-refractivity contribution < 1.29 is 14.3 Å².